The highest BCUT2D eigenvalue weighted by molar-refractivity contribution is 7.14. The SMILES string of the molecule is CCCC(CC(=O)O)NC(=O)c1cc(C)c(C)s1. The molecule has 1 aromatic heterocycles. The van der Waals surface area contributed by atoms with Crippen LogP contribution in [-0.2, 0) is 4.79 Å². The van der Waals surface area contributed by atoms with E-state index in [2.05, 4.69) is 5.32 Å². The molecule has 2 N–H and O–H groups in total. The van der Waals surface area contributed by atoms with Crippen molar-refractivity contribution in [2.24, 2.45) is 0 Å². The van der Waals surface area contributed by atoms with Gasteiger partial charge in [-0.1, -0.05) is 13.3 Å². The van der Waals surface area contributed by atoms with Crippen molar-refractivity contribution in [2.45, 2.75) is 46.1 Å². The zero-order chi connectivity index (χ0) is 13.7. The number of rotatable bonds is 6. The van der Waals surface area contributed by atoms with E-state index in [1.54, 1.807) is 0 Å². The van der Waals surface area contributed by atoms with Gasteiger partial charge in [0.2, 0.25) is 0 Å². The Balaban J connectivity index is 2.68. The molecule has 18 heavy (non-hydrogen) atoms. The highest BCUT2D eigenvalue weighted by atomic mass is 32.1. The van der Waals surface area contributed by atoms with Crippen molar-refractivity contribution < 1.29 is 14.7 Å². The lowest BCUT2D eigenvalue weighted by atomic mass is 10.1. The molecular weight excluding hydrogens is 250 g/mol. The van der Waals surface area contributed by atoms with Crippen molar-refractivity contribution in [1.82, 2.24) is 5.32 Å². The second-order valence-corrected chi connectivity index (χ2v) is 5.66. The van der Waals surface area contributed by atoms with Gasteiger partial charge in [0.05, 0.1) is 11.3 Å². The van der Waals surface area contributed by atoms with Gasteiger partial charge < -0.3 is 10.4 Å². The Morgan fingerprint density at radius 2 is 2.11 bits per heavy atom. The summed E-state index contributed by atoms with van der Waals surface area (Å²) in [5.41, 5.74) is 1.09. The smallest absolute Gasteiger partial charge is 0.305 e. The summed E-state index contributed by atoms with van der Waals surface area (Å²) in [6.07, 6.45) is 1.50. The molecule has 0 fully saturated rings. The Morgan fingerprint density at radius 3 is 2.56 bits per heavy atom. The van der Waals surface area contributed by atoms with Crippen LogP contribution in [0.2, 0.25) is 0 Å². The maximum atomic E-state index is 12.0. The minimum Gasteiger partial charge on any atom is -0.481 e. The number of carboxylic acid groups (broad SMARTS) is 1. The lowest BCUT2D eigenvalue weighted by Gasteiger charge is -2.15. The molecule has 1 aromatic rings. The fourth-order valence-electron chi connectivity index (χ4n) is 1.73. The minimum absolute atomic E-state index is 0.0249. The molecule has 0 aromatic carbocycles. The summed E-state index contributed by atoms with van der Waals surface area (Å²) in [6.45, 7) is 5.90. The molecule has 1 amide bonds. The first-order chi connectivity index (χ1) is 8.43. The predicted octanol–water partition coefficient (Wildman–Crippen LogP) is 2.74. The molecule has 1 rings (SSSR count). The highest BCUT2D eigenvalue weighted by Gasteiger charge is 2.17. The average Bonchev–Trinajstić information content (AvgIpc) is 2.58. The number of aryl methyl sites for hydroxylation is 2. The number of aliphatic carboxylic acids is 1. The van der Waals surface area contributed by atoms with E-state index >= 15 is 0 Å². The van der Waals surface area contributed by atoms with Crippen molar-refractivity contribution in [2.75, 3.05) is 0 Å². The van der Waals surface area contributed by atoms with Crippen molar-refractivity contribution in [3.05, 3.63) is 21.4 Å². The van der Waals surface area contributed by atoms with E-state index in [9.17, 15) is 9.59 Å². The number of amides is 1. The van der Waals surface area contributed by atoms with Gasteiger partial charge in [0.1, 0.15) is 0 Å². The zero-order valence-corrected chi connectivity index (χ0v) is 11.8. The summed E-state index contributed by atoms with van der Waals surface area (Å²) < 4.78 is 0. The third-order valence-electron chi connectivity index (χ3n) is 2.78. The summed E-state index contributed by atoms with van der Waals surface area (Å²) in [4.78, 5) is 24.5. The summed E-state index contributed by atoms with van der Waals surface area (Å²) in [6, 6.07) is 1.56. The average molecular weight is 269 g/mol. The summed E-state index contributed by atoms with van der Waals surface area (Å²) >= 11 is 1.44. The second-order valence-electron chi connectivity index (χ2n) is 4.41. The van der Waals surface area contributed by atoms with Gasteiger partial charge in [-0.3, -0.25) is 9.59 Å². The van der Waals surface area contributed by atoms with Gasteiger partial charge in [-0.25, -0.2) is 0 Å². The largest absolute Gasteiger partial charge is 0.481 e. The van der Waals surface area contributed by atoms with Crippen LogP contribution in [-0.4, -0.2) is 23.0 Å². The number of nitrogens with one attached hydrogen (secondary N) is 1. The monoisotopic (exact) mass is 269 g/mol. The molecule has 1 unspecified atom stereocenters. The molecule has 1 atom stereocenters. The van der Waals surface area contributed by atoms with Crippen molar-refractivity contribution in [3.63, 3.8) is 0 Å². The number of hydrogen-bond acceptors (Lipinski definition) is 3. The molecule has 5 heteroatoms. The number of carboxylic acids is 1. The second kappa shape index (κ2) is 6.54. The van der Waals surface area contributed by atoms with Gasteiger partial charge >= 0.3 is 5.97 Å². The predicted molar refractivity (Wildman–Crippen MR) is 72.2 cm³/mol. The zero-order valence-electron chi connectivity index (χ0n) is 10.9. The fourth-order valence-corrected chi connectivity index (χ4v) is 2.66. The van der Waals surface area contributed by atoms with E-state index in [-0.39, 0.29) is 18.4 Å². The van der Waals surface area contributed by atoms with Crippen LogP contribution in [0.15, 0.2) is 6.07 Å². The molecular formula is C13H19NO3S. The number of carbonyl (C=O) groups is 2. The van der Waals surface area contributed by atoms with Crippen LogP contribution >= 0.6 is 11.3 Å². The van der Waals surface area contributed by atoms with Crippen LogP contribution in [0, 0.1) is 13.8 Å². The van der Waals surface area contributed by atoms with E-state index in [1.807, 2.05) is 26.8 Å². The molecule has 1 heterocycles. The van der Waals surface area contributed by atoms with Crippen LogP contribution in [0.4, 0.5) is 0 Å². The molecule has 0 spiro atoms. The molecule has 0 bridgehead atoms. The Morgan fingerprint density at radius 1 is 1.44 bits per heavy atom. The molecule has 0 radical (unpaired) electrons. The molecule has 0 aliphatic carbocycles. The minimum atomic E-state index is -0.882. The van der Waals surface area contributed by atoms with Crippen LogP contribution in [0.5, 0.6) is 0 Å². The highest BCUT2D eigenvalue weighted by Crippen LogP contribution is 2.20. The number of hydrogen-bond donors (Lipinski definition) is 2. The van der Waals surface area contributed by atoms with Gasteiger partial charge in [-0.15, -0.1) is 11.3 Å². The molecule has 100 valence electrons. The van der Waals surface area contributed by atoms with Crippen LogP contribution in [0.1, 0.15) is 46.3 Å². The third kappa shape index (κ3) is 4.14. The molecule has 0 aliphatic heterocycles. The number of carbonyl (C=O) groups excluding carboxylic acids is 1. The third-order valence-corrected chi connectivity index (χ3v) is 3.93. The van der Waals surface area contributed by atoms with Crippen molar-refractivity contribution in [3.8, 4) is 0 Å². The molecule has 0 aliphatic rings. The Kier molecular flexibility index (Phi) is 5.34. The summed E-state index contributed by atoms with van der Waals surface area (Å²) in [5, 5.41) is 11.6. The topological polar surface area (TPSA) is 66.4 Å². The van der Waals surface area contributed by atoms with E-state index in [0.29, 0.717) is 11.3 Å². The van der Waals surface area contributed by atoms with Gasteiger partial charge in [-0.05, 0) is 31.9 Å². The van der Waals surface area contributed by atoms with E-state index in [4.69, 9.17) is 5.11 Å². The lowest BCUT2D eigenvalue weighted by Crippen LogP contribution is -2.36. The van der Waals surface area contributed by atoms with Gasteiger partial charge in [-0.2, -0.15) is 0 Å². The van der Waals surface area contributed by atoms with Crippen LogP contribution in [0.3, 0.4) is 0 Å². The molecule has 0 saturated heterocycles. The maximum absolute atomic E-state index is 12.0. The standard InChI is InChI=1S/C13H19NO3S/c1-4-5-10(7-12(15)16)14-13(17)11-6-8(2)9(3)18-11/h6,10H,4-5,7H2,1-3H3,(H,14,17)(H,15,16). The first-order valence-electron chi connectivity index (χ1n) is 6.03. The van der Waals surface area contributed by atoms with Crippen LogP contribution in [0.25, 0.3) is 0 Å². The van der Waals surface area contributed by atoms with Crippen molar-refractivity contribution in [1.29, 1.82) is 0 Å². The first-order valence-corrected chi connectivity index (χ1v) is 6.85. The molecule has 0 saturated carbocycles. The van der Waals surface area contributed by atoms with Gasteiger partial charge in [0.15, 0.2) is 0 Å². The van der Waals surface area contributed by atoms with Crippen molar-refractivity contribution >= 4 is 23.2 Å². The van der Waals surface area contributed by atoms with E-state index < -0.39 is 5.97 Å². The van der Waals surface area contributed by atoms with E-state index in [1.165, 1.54) is 11.3 Å². The summed E-state index contributed by atoms with van der Waals surface area (Å²) in [7, 11) is 0. The van der Waals surface area contributed by atoms with Crippen LogP contribution < -0.4 is 5.32 Å². The van der Waals surface area contributed by atoms with Gasteiger partial charge in [0.25, 0.3) is 5.91 Å². The number of thiophene rings is 1. The lowest BCUT2D eigenvalue weighted by molar-refractivity contribution is -0.137. The quantitative estimate of drug-likeness (QED) is 0.834. The Labute approximate surface area is 111 Å². The normalized spacial score (nSPS) is 12.2. The fraction of sp³-hybridized carbons (Fsp3) is 0.538. The molecule has 4 nitrogen and oxygen atoms in total. The summed E-state index contributed by atoms with van der Waals surface area (Å²) in [5.74, 6) is -1.05. The first kappa shape index (κ1) is 14.7. The van der Waals surface area contributed by atoms with Gasteiger partial charge in [0, 0.05) is 10.9 Å². The van der Waals surface area contributed by atoms with E-state index in [0.717, 1.165) is 16.9 Å². The maximum Gasteiger partial charge on any atom is 0.305 e. The Bertz CT molecular complexity index is 420. The Hall–Kier alpha value is -1.36.